The fourth-order valence-electron chi connectivity index (χ4n) is 3.60. The molecule has 112 valence electrons. The highest BCUT2D eigenvalue weighted by Gasteiger charge is 2.18. The summed E-state index contributed by atoms with van der Waals surface area (Å²) in [6.45, 7) is 3.42. The van der Waals surface area contributed by atoms with Crippen molar-refractivity contribution in [2.24, 2.45) is 11.8 Å². The van der Waals surface area contributed by atoms with Gasteiger partial charge in [0.25, 0.3) is 0 Å². The first-order chi connectivity index (χ1) is 10.2. The van der Waals surface area contributed by atoms with Crippen LogP contribution in [0.5, 0.6) is 0 Å². The zero-order chi connectivity index (χ0) is 14.7. The summed E-state index contributed by atoms with van der Waals surface area (Å²) in [5, 5.41) is 5.79. The molecule has 2 aromatic rings. The van der Waals surface area contributed by atoms with Crippen molar-refractivity contribution in [3.05, 3.63) is 30.6 Å². The topological polar surface area (TPSA) is 50.9 Å². The molecule has 1 heterocycles. The van der Waals surface area contributed by atoms with E-state index in [0.717, 1.165) is 40.5 Å². The van der Waals surface area contributed by atoms with E-state index in [1.165, 1.54) is 32.1 Å². The number of anilines is 2. The van der Waals surface area contributed by atoms with Gasteiger partial charge in [0.05, 0.1) is 0 Å². The lowest BCUT2D eigenvalue weighted by Gasteiger charge is -2.26. The van der Waals surface area contributed by atoms with Crippen LogP contribution in [0, 0.1) is 11.8 Å². The Labute approximate surface area is 127 Å². The van der Waals surface area contributed by atoms with Gasteiger partial charge in [0.1, 0.15) is 0 Å². The number of nitrogens with one attached hydrogen (secondary N) is 1. The van der Waals surface area contributed by atoms with Crippen LogP contribution in [-0.2, 0) is 0 Å². The third-order valence-corrected chi connectivity index (χ3v) is 4.76. The van der Waals surface area contributed by atoms with Crippen molar-refractivity contribution < 1.29 is 0 Å². The summed E-state index contributed by atoms with van der Waals surface area (Å²) < 4.78 is 0. The standard InChI is InChI=1S/C18H25N3/c1-13-3-2-4-14(11-13)7-10-21-18-6-5-17(19)15-8-9-20-12-16(15)18/h5-6,8-9,12-14,21H,2-4,7,10-11,19H2,1H3. The molecular formula is C18H25N3. The van der Waals surface area contributed by atoms with Gasteiger partial charge in [-0.1, -0.05) is 26.2 Å². The molecule has 2 atom stereocenters. The van der Waals surface area contributed by atoms with Crippen LogP contribution in [-0.4, -0.2) is 11.5 Å². The molecule has 1 aromatic carbocycles. The number of hydrogen-bond donors (Lipinski definition) is 2. The molecule has 0 radical (unpaired) electrons. The quantitative estimate of drug-likeness (QED) is 0.815. The van der Waals surface area contributed by atoms with Crippen molar-refractivity contribution >= 4 is 22.1 Å². The maximum Gasteiger partial charge on any atom is 0.0437 e. The molecular weight excluding hydrogens is 258 g/mol. The fourth-order valence-corrected chi connectivity index (χ4v) is 3.60. The van der Waals surface area contributed by atoms with E-state index >= 15 is 0 Å². The Kier molecular flexibility index (Phi) is 4.28. The summed E-state index contributed by atoms with van der Waals surface area (Å²) in [6, 6.07) is 6.04. The number of nitrogens with zero attached hydrogens (tertiary/aromatic N) is 1. The van der Waals surface area contributed by atoms with Crippen LogP contribution in [0.3, 0.4) is 0 Å². The average Bonchev–Trinajstić information content (AvgIpc) is 2.50. The van der Waals surface area contributed by atoms with Crippen molar-refractivity contribution in [3.63, 3.8) is 0 Å². The number of nitrogen functional groups attached to an aromatic ring is 1. The van der Waals surface area contributed by atoms with Crippen molar-refractivity contribution in [1.29, 1.82) is 0 Å². The minimum atomic E-state index is 0.819. The molecule has 0 amide bonds. The van der Waals surface area contributed by atoms with E-state index in [1.54, 1.807) is 6.20 Å². The van der Waals surface area contributed by atoms with Gasteiger partial charge in [-0.2, -0.15) is 0 Å². The van der Waals surface area contributed by atoms with Crippen LogP contribution < -0.4 is 11.1 Å². The van der Waals surface area contributed by atoms with Gasteiger partial charge in [0, 0.05) is 41.1 Å². The van der Waals surface area contributed by atoms with Gasteiger partial charge in [-0.25, -0.2) is 0 Å². The highest BCUT2D eigenvalue weighted by Crippen LogP contribution is 2.31. The summed E-state index contributed by atoms with van der Waals surface area (Å²) in [6.07, 6.45) is 10.6. The second-order valence-corrected chi connectivity index (χ2v) is 6.48. The Morgan fingerprint density at radius 3 is 3.00 bits per heavy atom. The molecule has 1 fully saturated rings. The normalized spacial score (nSPS) is 22.3. The van der Waals surface area contributed by atoms with Crippen molar-refractivity contribution in [3.8, 4) is 0 Å². The summed E-state index contributed by atoms with van der Waals surface area (Å²) in [5.74, 6) is 1.80. The van der Waals surface area contributed by atoms with E-state index in [1.807, 2.05) is 18.3 Å². The Hall–Kier alpha value is -1.77. The molecule has 1 aromatic heterocycles. The van der Waals surface area contributed by atoms with E-state index in [4.69, 9.17) is 5.73 Å². The lowest BCUT2D eigenvalue weighted by Crippen LogP contribution is -2.16. The van der Waals surface area contributed by atoms with Crippen LogP contribution in [0.2, 0.25) is 0 Å². The van der Waals surface area contributed by atoms with E-state index < -0.39 is 0 Å². The molecule has 3 N–H and O–H groups in total. The van der Waals surface area contributed by atoms with Crippen LogP contribution in [0.4, 0.5) is 11.4 Å². The van der Waals surface area contributed by atoms with Crippen molar-refractivity contribution in [1.82, 2.24) is 4.98 Å². The number of aromatic nitrogens is 1. The fraction of sp³-hybridized carbons (Fsp3) is 0.500. The Morgan fingerprint density at radius 2 is 2.14 bits per heavy atom. The first-order valence-electron chi connectivity index (χ1n) is 8.10. The largest absolute Gasteiger partial charge is 0.398 e. The van der Waals surface area contributed by atoms with Gasteiger partial charge in [-0.15, -0.1) is 0 Å². The third kappa shape index (κ3) is 3.29. The summed E-state index contributed by atoms with van der Waals surface area (Å²) in [7, 11) is 0. The van der Waals surface area contributed by atoms with E-state index in [2.05, 4.69) is 23.3 Å². The highest BCUT2D eigenvalue weighted by atomic mass is 14.9. The van der Waals surface area contributed by atoms with E-state index in [-0.39, 0.29) is 0 Å². The number of nitrogens with two attached hydrogens (primary N) is 1. The lowest BCUT2D eigenvalue weighted by molar-refractivity contribution is 0.274. The molecule has 2 unspecified atom stereocenters. The zero-order valence-electron chi connectivity index (χ0n) is 12.8. The minimum Gasteiger partial charge on any atom is -0.398 e. The summed E-state index contributed by atoms with van der Waals surface area (Å²) >= 11 is 0. The minimum absolute atomic E-state index is 0.819. The smallest absolute Gasteiger partial charge is 0.0437 e. The van der Waals surface area contributed by atoms with Gasteiger partial charge in [0.2, 0.25) is 0 Å². The average molecular weight is 283 g/mol. The predicted molar refractivity (Wildman–Crippen MR) is 90.4 cm³/mol. The molecule has 3 heteroatoms. The van der Waals surface area contributed by atoms with E-state index in [9.17, 15) is 0 Å². The highest BCUT2D eigenvalue weighted by molar-refractivity contribution is 6.00. The van der Waals surface area contributed by atoms with Gasteiger partial charge >= 0.3 is 0 Å². The molecule has 0 bridgehead atoms. The Morgan fingerprint density at radius 1 is 1.24 bits per heavy atom. The molecule has 1 aliphatic rings. The Balaban J connectivity index is 1.64. The maximum atomic E-state index is 6.03. The van der Waals surface area contributed by atoms with Gasteiger partial charge in [0.15, 0.2) is 0 Å². The zero-order valence-corrected chi connectivity index (χ0v) is 12.8. The first kappa shape index (κ1) is 14.2. The molecule has 21 heavy (non-hydrogen) atoms. The van der Waals surface area contributed by atoms with Crippen LogP contribution in [0.15, 0.2) is 30.6 Å². The number of rotatable bonds is 4. The van der Waals surface area contributed by atoms with Crippen molar-refractivity contribution in [2.75, 3.05) is 17.6 Å². The number of pyridine rings is 1. The van der Waals surface area contributed by atoms with Crippen LogP contribution in [0.1, 0.15) is 39.0 Å². The molecule has 0 spiro atoms. The SMILES string of the molecule is CC1CCCC(CCNc2ccc(N)c3ccncc23)C1. The summed E-state index contributed by atoms with van der Waals surface area (Å²) in [4.78, 5) is 4.23. The second-order valence-electron chi connectivity index (χ2n) is 6.48. The first-order valence-corrected chi connectivity index (χ1v) is 8.10. The lowest BCUT2D eigenvalue weighted by atomic mass is 9.81. The second kappa shape index (κ2) is 6.33. The van der Waals surface area contributed by atoms with Gasteiger partial charge < -0.3 is 11.1 Å². The van der Waals surface area contributed by atoms with Crippen LogP contribution >= 0.6 is 0 Å². The van der Waals surface area contributed by atoms with Crippen molar-refractivity contribution in [2.45, 2.75) is 39.0 Å². The molecule has 0 saturated heterocycles. The Bertz CT molecular complexity index is 608. The molecule has 3 rings (SSSR count). The molecule has 0 aliphatic heterocycles. The van der Waals surface area contributed by atoms with E-state index in [0.29, 0.717) is 0 Å². The monoisotopic (exact) mass is 283 g/mol. The molecule has 1 saturated carbocycles. The number of fused-ring (bicyclic) bond motifs is 1. The maximum absolute atomic E-state index is 6.03. The predicted octanol–water partition coefficient (Wildman–Crippen LogP) is 4.45. The number of benzene rings is 1. The molecule has 3 nitrogen and oxygen atoms in total. The van der Waals surface area contributed by atoms with Gasteiger partial charge in [-0.05, 0) is 42.9 Å². The third-order valence-electron chi connectivity index (χ3n) is 4.76. The van der Waals surface area contributed by atoms with Crippen LogP contribution in [0.25, 0.3) is 10.8 Å². The van der Waals surface area contributed by atoms with Gasteiger partial charge in [-0.3, -0.25) is 4.98 Å². The number of hydrogen-bond acceptors (Lipinski definition) is 3. The summed E-state index contributed by atoms with van der Waals surface area (Å²) in [5.41, 5.74) is 8.00. The molecule has 1 aliphatic carbocycles.